The van der Waals surface area contributed by atoms with E-state index in [-0.39, 0.29) is 17.2 Å². The molecule has 0 spiro atoms. The number of anilines is 2. The molecular formula is C28H27N3O3. The van der Waals surface area contributed by atoms with E-state index in [2.05, 4.69) is 34.5 Å². The minimum atomic E-state index is -0.980. The molecule has 34 heavy (non-hydrogen) atoms. The van der Waals surface area contributed by atoms with E-state index in [1.807, 2.05) is 45.2 Å². The minimum absolute atomic E-state index is 0.0356. The van der Waals surface area contributed by atoms with Crippen molar-refractivity contribution in [2.75, 3.05) is 10.2 Å². The number of pyridine rings is 2. The first-order chi connectivity index (χ1) is 16.3. The SMILES string of the molecule is Cc1cc([C@@H](C)Nc2ccccc2C(=O)O)c2cc(N3Cc4ccccc4C3)c(C)c(=O)n2c1. The van der Waals surface area contributed by atoms with Crippen molar-refractivity contribution < 1.29 is 9.90 Å². The number of carboxylic acid groups (broad SMARTS) is 1. The molecule has 1 atom stereocenters. The van der Waals surface area contributed by atoms with E-state index in [4.69, 9.17) is 0 Å². The Morgan fingerprint density at radius 1 is 1.00 bits per heavy atom. The molecule has 0 bridgehead atoms. The maximum absolute atomic E-state index is 13.4. The van der Waals surface area contributed by atoms with Gasteiger partial charge in [-0.1, -0.05) is 42.5 Å². The summed E-state index contributed by atoms with van der Waals surface area (Å²) in [6.45, 7) is 7.39. The van der Waals surface area contributed by atoms with Gasteiger partial charge in [0, 0.05) is 36.2 Å². The highest BCUT2D eigenvalue weighted by molar-refractivity contribution is 5.94. The van der Waals surface area contributed by atoms with Gasteiger partial charge in [0.25, 0.3) is 5.56 Å². The van der Waals surface area contributed by atoms with Crippen molar-refractivity contribution in [2.24, 2.45) is 0 Å². The van der Waals surface area contributed by atoms with Crippen LogP contribution in [0.4, 0.5) is 11.4 Å². The molecule has 172 valence electrons. The first-order valence-corrected chi connectivity index (χ1v) is 11.4. The highest BCUT2D eigenvalue weighted by Crippen LogP contribution is 2.33. The lowest BCUT2D eigenvalue weighted by atomic mass is 10.0. The summed E-state index contributed by atoms with van der Waals surface area (Å²) in [7, 11) is 0. The Kier molecular flexibility index (Phi) is 5.36. The van der Waals surface area contributed by atoms with Crippen LogP contribution in [0.3, 0.4) is 0 Å². The molecule has 0 unspecified atom stereocenters. The second kappa shape index (κ2) is 8.37. The number of aromatic nitrogens is 1. The third-order valence-corrected chi connectivity index (χ3v) is 6.65. The zero-order valence-electron chi connectivity index (χ0n) is 19.5. The molecule has 6 nitrogen and oxygen atoms in total. The molecule has 3 heterocycles. The van der Waals surface area contributed by atoms with E-state index in [1.54, 1.807) is 22.6 Å². The van der Waals surface area contributed by atoms with Crippen molar-refractivity contribution in [1.29, 1.82) is 0 Å². The number of aryl methyl sites for hydroxylation is 1. The third kappa shape index (κ3) is 3.71. The molecule has 1 aliphatic rings. The Balaban J connectivity index is 1.60. The zero-order chi connectivity index (χ0) is 24.0. The topological polar surface area (TPSA) is 74.0 Å². The molecule has 0 saturated heterocycles. The Morgan fingerprint density at radius 3 is 2.32 bits per heavy atom. The predicted molar refractivity (Wildman–Crippen MR) is 135 cm³/mol. The fourth-order valence-corrected chi connectivity index (χ4v) is 4.90. The van der Waals surface area contributed by atoms with Crippen LogP contribution in [0.25, 0.3) is 5.52 Å². The quantitative estimate of drug-likeness (QED) is 0.429. The van der Waals surface area contributed by atoms with Gasteiger partial charge in [0.2, 0.25) is 0 Å². The Morgan fingerprint density at radius 2 is 1.65 bits per heavy atom. The largest absolute Gasteiger partial charge is 0.478 e. The van der Waals surface area contributed by atoms with Crippen LogP contribution >= 0.6 is 0 Å². The van der Waals surface area contributed by atoms with E-state index >= 15 is 0 Å². The van der Waals surface area contributed by atoms with Crippen LogP contribution < -0.4 is 15.8 Å². The second-order valence-electron chi connectivity index (χ2n) is 9.03. The summed E-state index contributed by atoms with van der Waals surface area (Å²) in [5, 5.41) is 12.9. The van der Waals surface area contributed by atoms with Crippen LogP contribution in [0.2, 0.25) is 0 Å². The van der Waals surface area contributed by atoms with Crippen LogP contribution in [0.1, 0.15) is 51.1 Å². The van der Waals surface area contributed by atoms with Gasteiger partial charge in [0.1, 0.15) is 0 Å². The van der Waals surface area contributed by atoms with Crippen LogP contribution in [0.15, 0.2) is 71.7 Å². The van der Waals surface area contributed by atoms with Gasteiger partial charge in [-0.2, -0.15) is 0 Å². The molecule has 2 aromatic carbocycles. The average Bonchev–Trinajstić information content (AvgIpc) is 3.25. The average molecular weight is 454 g/mol. The number of rotatable bonds is 5. The first-order valence-electron chi connectivity index (χ1n) is 11.4. The zero-order valence-corrected chi connectivity index (χ0v) is 19.5. The summed E-state index contributed by atoms with van der Waals surface area (Å²) in [5.74, 6) is -0.980. The van der Waals surface area contributed by atoms with Crippen molar-refractivity contribution in [3.05, 3.63) is 111 Å². The highest BCUT2D eigenvalue weighted by atomic mass is 16.4. The highest BCUT2D eigenvalue weighted by Gasteiger charge is 2.23. The lowest BCUT2D eigenvalue weighted by Gasteiger charge is -2.24. The number of hydrogen-bond acceptors (Lipinski definition) is 4. The fraction of sp³-hybridized carbons (Fsp3) is 0.214. The van der Waals surface area contributed by atoms with E-state index < -0.39 is 5.97 Å². The number of para-hydroxylation sites is 1. The lowest BCUT2D eigenvalue weighted by molar-refractivity contribution is 0.0698. The molecule has 0 radical (unpaired) electrons. The molecule has 1 aliphatic heterocycles. The standard InChI is InChI=1S/C28H27N3O3/c1-17-12-23(19(3)29-24-11-7-6-10-22(24)28(33)34)26-13-25(18(2)27(32)31(26)14-17)30-15-20-8-4-5-9-21(20)16-30/h4-14,19,29H,15-16H2,1-3H3,(H,33,34)/t19-/m1/s1. The molecular weight excluding hydrogens is 426 g/mol. The summed E-state index contributed by atoms with van der Waals surface area (Å²) >= 11 is 0. The van der Waals surface area contributed by atoms with Gasteiger partial charge in [-0.3, -0.25) is 9.20 Å². The van der Waals surface area contributed by atoms with Crippen LogP contribution in [0.5, 0.6) is 0 Å². The van der Waals surface area contributed by atoms with Gasteiger partial charge in [0.05, 0.1) is 17.1 Å². The maximum atomic E-state index is 13.4. The normalized spacial score (nSPS) is 13.7. The molecule has 5 rings (SSSR count). The summed E-state index contributed by atoms with van der Waals surface area (Å²) in [5.41, 5.74) is 7.68. The van der Waals surface area contributed by atoms with Crippen molar-refractivity contribution in [1.82, 2.24) is 4.40 Å². The summed E-state index contributed by atoms with van der Waals surface area (Å²) in [6.07, 6.45) is 1.87. The van der Waals surface area contributed by atoms with E-state index in [0.717, 1.165) is 41.0 Å². The van der Waals surface area contributed by atoms with Gasteiger partial charge >= 0.3 is 5.97 Å². The van der Waals surface area contributed by atoms with Crippen molar-refractivity contribution in [3.63, 3.8) is 0 Å². The summed E-state index contributed by atoms with van der Waals surface area (Å²) < 4.78 is 1.72. The molecule has 4 aromatic rings. The number of fused-ring (bicyclic) bond motifs is 2. The molecule has 2 aromatic heterocycles. The molecule has 0 aliphatic carbocycles. The Labute approximate surface area is 198 Å². The van der Waals surface area contributed by atoms with Gasteiger partial charge in [0.15, 0.2) is 0 Å². The van der Waals surface area contributed by atoms with Gasteiger partial charge in [-0.05, 0) is 61.2 Å². The minimum Gasteiger partial charge on any atom is -0.478 e. The molecule has 2 N–H and O–H groups in total. The summed E-state index contributed by atoms with van der Waals surface area (Å²) in [6, 6.07) is 19.2. The molecule has 0 amide bonds. The molecule has 6 heteroatoms. The number of carboxylic acids is 1. The van der Waals surface area contributed by atoms with Crippen LogP contribution in [-0.4, -0.2) is 15.5 Å². The fourth-order valence-electron chi connectivity index (χ4n) is 4.90. The Hall–Kier alpha value is -4.06. The van der Waals surface area contributed by atoms with E-state index in [0.29, 0.717) is 5.69 Å². The van der Waals surface area contributed by atoms with Gasteiger partial charge < -0.3 is 15.3 Å². The first kappa shape index (κ1) is 21.8. The van der Waals surface area contributed by atoms with Crippen molar-refractivity contribution in [3.8, 4) is 0 Å². The van der Waals surface area contributed by atoms with Crippen LogP contribution in [-0.2, 0) is 13.1 Å². The Bertz CT molecular complexity index is 1460. The van der Waals surface area contributed by atoms with E-state index in [9.17, 15) is 14.7 Å². The number of carbonyl (C=O) groups is 1. The van der Waals surface area contributed by atoms with Crippen molar-refractivity contribution >= 4 is 22.9 Å². The van der Waals surface area contributed by atoms with E-state index in [1.165, 1.54) is 11.1 Å². The number of hydrogen-bond donors (Lipinski definition) is 2. The van der Waals surface area contributed by atoms with Gasteiger partial charge in [-0.15, -0.1) is 0 Å². The number of aromatic carboxylic acids is 1. The van der Waals surface area contributed by atoms with Crippen molar-refractivity contribution in [2.45, 2.75) is 39.9 Å². The number of benzene rings is 2. The molecule has 0 fully saturated rings. The van der Waals surface area contributed by atoms with Gasteiger partial charge in [-0.25, -0.2) is 4.79 Å². The monoisotopic (exact) mass is 453 g/mol. The second-order valence-corrected chi connectivity index (χ2v) is 9.03. The lowest BCUT2D eigenvalue weighted by Crippen LogP contribution is -2.25. The molecule has 0 saturated carbocycles. The predicted octanol–water partition coefficient (Wildman–Crippen LogP) is 5.31. The third-order valence-electron chi connectivity index (χ3n) is 6.65. The number of nitrogens with zero attached hydrogens (tertiary/aromatic N) is 2. The number of nitrogens with one attached hydrogen (secondary N) is 1. The maximum Gasteiger partial charge on any atom is 0.337 e. The van der Waals surface area contributed by atoms with Crippen LogP contribution in [0, 0.1) is 13.8 Å². The smallest absolute Gasteiger partial charge is 0.337 e. The summed E-state index contributed by atoms with van der Waals surface area (Å²) in [4.78, 5) is 27.4.